The van der Waals surface area contributed by atoms with E-state index in [9.17, 15) is 22.4 Å². The highest BCUT2D eigenvalue weighted by molar-refractivity contribution is 7.90. The van der Waals surface area contributed by atoms with E-state index in [4.69, 9.17) is 5.73 Å². The van der Waals surface area contributed by atoms with Crippen LogP contribution in [0.15, 0.2) is 30.3 Å². The lowest BCUT2D eigenvalue weighted by Crippen LogP contribution is -2.38. The number of hydrogen-bond donors (Lipinski definition) is 3. The minimum atomic E-state index is -3.84. The summed E-state index contributed by atoms with van der Waals surface area (Å²) in [5.74, 6) is -2.58. The van der Waals surface area contributed by atoms with Crippen molar-refractivity contribution in [1.29, 1.82) is 0 Å². The molecule has 1 saturated carbocycles. The molecule has 1 aliphatic carbocycles. The van der Waals surface area contributed by atoms with Gasteiger partial charge in [0.15, 0.2) is 0 Å². The number of carbonyl (C=O) groups excluding carboxylic acids is 2. The van der Waals surface area contributed by atoms with Gasteiger partial charge in [-0.3, -0.25) is 9.59 Å². The molecule has 1 aromatic heterocycles. The molecule has 2 amide bonds. The Morgan fingerprint density at radius 2 is 1.79 bits per heavy atom. The second-order valence-electron chi connectivity index (χ2n) is 12.9. The van der Waals surface area contributed by atoms with Gasteiger partial charge in [0, 0.05) is 41.7 Å². The summed E-state index contributed by atoms with van der Waals surface area (Å²) in [6.45, 7) is 5.01. The Morgan fingerprint density at radius 3 is 2.44 bits per heavy atom. The molecular weight excluding hydrogens is 576 g/mol. The first-order valence-electron chi connectivity index (χ1n) is 14.6. The summed E-state index contributed by atoms with van der Waals surface area (Å²) < 4.78 is 58.1. The molecule has 0 spiro atoms. The van der Waals surface area contributed by atoms with Crippen LogP contribution in [0.3, 0.4) is 0 Å². The number of benzene rings is 2. The predicted octanol–water partition coefficient (Wildman–Crippen LogP) is 4.09. The van der Waals surface area contributed by atoms with Crippen molar-refractivity contribution < 1.29 is 26.8 Å². The van der Waals surface area contributed by atoms with Crippen LogP contribution in [0.5, 0.6) is 0 Å². The van der Waals surface area contributed by atoms with E-state index in [2.05, 4.69) is 10.6 Å². The molecule has 2 aliphatic rings. The van der Waals surface area contributed by atoms with E-state index in [1.165, 1.54) is 28.2 Å². The maximum atomic E-state index is 15.7. The van der Waals surface area contributed by atoms with Crippen molar-refractivity contribution in [1.82, 2.24) is 14.2 Å². The normalized spacial score (nSPS) is 21.0. The van der Waals surface area contributed by atoms with Crippen molar-refractivity contribution >= 4 is 38.4 Å². The Balaban J connectivity index is 1.50. The zero-order chi connectivity index (χ0) is 31.3. The average molecular weight is 616 g/mol. The van der Waals surface area contributed by atoms with Gasteiger partial charge >= 0.3 is 0 Å². The van der Waals surface area contributed by atoms with Crippen molar-refractivity contribution in [3.63, 3.8) is 0 Å². The number of likely N-dealkylation sites (N-methyl/N-ethyl adjacent to an activating group) is 1. The molecule has 0 bridgehead atoms. The highest BCUT2D eigenvalue weighted by atomic mass is 32.2. The van der Waals surface area contributed by atoms with Gasteiger partial charge in [-0.15, -0.1) is 0 Å². The molecule has 1 aliphatic heterocycles. The van der Waals surface area contributed by atoms with Crippen LogP contribution in [-0.2, 0) is 21.2 Å². The van der Waals surface area contributed by atoms with Crippen LogP contribution in [0.1, 0.15) is 55.6 Å². The lowest BCUT2D eigenvalue weighted by molar-refractivity contribution is -0.126. The lowest BCUT2D eigenvalue weighted by atomic mass is 9.85. The molecular formula is C31H39F2N5O4S. The first-order chi connectivity index (χ1) is 20.2. The summed E-state index contributed by atoms with van der Waals surface area (Å²) in [5.41, 5.74) is 6.38. The molecule has 3 aromatic rings. The number of nitrogens with two attached hydrogens (primary N) is 1. The number of fused-ring (bicyclic) bond motifs is 3. The number of nitrogens with zero attached hydrogens (tertiary/aromatic N) is 2. The molecule has 0 atom stereocenters. The lowest BCUT2D eigenvalue weighted by Gasteiger charge is -2.32. The fraction of sp³-hybridized carbons (Fsp3) is 0.484. The second-order valence-corrected chi connectivity index (χ2v) is 14.7. The Hall–Kier alpha value is -3.51. The van der Waals surface area contributed by atoms with Gasteiger partial charge in [-0.1, -0.05) is 13.8 Å². The van der Waals surface area contributed by atoms with E-state index in [1.54, 1.807) is 6.07 Å². The average Bonchev–Trinajstić information content (AvgIpc) is 3.20. The third kappa shape index (κ3) is 6.26. The van der Waals surface area contributed by atoms with Gasteiger partial charge in [0.25, 0.3) is 5.91 Å². The first-order valence-corrected chi connectivity index (χ1v) is 16.2. The van der Waals surface area contributed by atoms with Crippen LogP contribution < -0.4 is 16.4 Å². The van der Waals surface area contributed by atoms with Crippen molar-refractivity contribution in [3.05, 3.63) is 53.2 Å². The number of hydrogen-bond acceptors (Lipinski definition) is 6. The van der Waals surface area contributed by atoms with Gasteiger partial charge in [-0.25, -0.2) is 21.2 Å². The summed E-state index contributed by atoms with van der Waals surface area (Å²) in [4.78, 5) is 27.0. The Kier molecular flexibility index (Phi) is 8.30. The number of anilines is 1. The van der Waals surface area contributed by atoms with E-state index in [-0.39, 0.29) is 40.4 Å². The van der Waals surface area contributed by atoms with Crippen molar-refractivity contribution in [2.45, 2.75) is 52.0 Å². The van der Waals surface area contributed by atoms with Gasteiger partial charge in [0.05, 0.1) is 22.5 Å². The van der Waals surface area contributed by atoms with E-state index >= 15 is 4.39 Å². The molecule has 1 fully saturated rings. The number of carbonyl (C=O) groups is 2. The van der Waals surface area contributed by atoms with Crippen LogP contribution in [0.4, 0.5) is 14.5 Å². The summed E-state index contributed by atoms with van der Waals surface area (Å²) in [6, 6.07) is 6.61. The fourth-order valence-electron chi connectivity index (χ4n) is 6.53. The van der Waals surface area contributed by atoms with Crippen LogP contribution in [0, 0.1) is 23.0 Å². The zero-order valence-corrected chi connectivity index (χ0v) is 25.8. The molecule has 0 unspecified atom stereocenters. The number of halogens is 2. The molecule has 9 nitrogen and oxygen atoms in total. The Morgan fingerprint density at radius 1 is 1.09 bits per heavy atom. The summed E-state index contributed by atoms with van der Waals surface area (Å²) in [6.07, 6.45) is 2.89. The van der Waals surface area contributed by atoms with Crippen LogP contribution in [0.25, 0.3) is 22.0 Å². The summed E-state index contributed by atoms with van der Waals surface area (Å²) in [5, 5.41) is 6.74. The standard InChI is InChI=1S/C31H39F2N5O4S/c1-31(2)16-26-27(22-10-7-20(32)15-25(22)38(26)43(41,42)17-31)19-13-23(33)28(29(34)39)24(14-19)36-21-8-5-18(6-9-21)30(40)35-11-12-37(3)4/h7,10,13-15,18,21,36H,5-6,8-9,11-12,16-17H2,1-4H3,(H2,34,39)(H,35,40)/t18-,21-. The van der Waals surface area contributed by atoms with E-state index in [1.807, 2.05) is 32.8 Å². The molecule has 4 N–H and O–H groups in total. The van der Waals surface area contributed by atoms with E-state index < -0.39 is 33.0 Å². The molecule has 232 valence electrons. The number of rotatable bonds is 8. The smallest absolute Gasteiger partial charge is 0.253 e. The highest BCUT2D eigenvalue weighted by Crippen LogP contribution is 2.44. The second kappa shape index (κ2) is 11.5. The van der Waals surface area contributed by atoms with Gasteiger partial charge in [-0.2, -0.15) is 0 Å². The van der Waals surface area contributed by atoms with Crippen LogP contribution >= 0.6 is 0 Å². The Bertz CT molecular complexity index is 1690. The highest BCUT2D eigenvalue weighted by Gasteiger charge is 2.39. The van der Waals surface area contributed by atoms with Crippen LogP contribution in [0.2, 0.25) is 0 Å². The van der Waals surface area contributed by atoms with Crippen molar-refractivity contribution in [3.8, 4) is 11.1 Å². The number of amides is 2. The topological polar surface area (TPSA) is 127 Å². The van der Waals surface area contributed by atoms with Crippen molar-refractivity contribution in [2.75, 3.05) is 38.3 Å². The summed E-state index contributed by atoms with van der Waals surface area (Å²) >= 11 is 0. The Labute approximate surface area is 250 Å². The predicted molar refractivity (Wildman–Crippen MR) is 163 cm³/mol. The fourth-order valence-corrected chi connectivity index (χ4v) is 8.69. The first kappa shape index (κ1) is 30.9. The number of aromatic nitrogens is 1. The quantitative estimate of drug-likeness (QED) is 0.351. The summed E-state index contributed by atoms with van der Waals surface area (Å²) in [7, 11) is 0.0480. The van der Waals surface area contributed by atoms with Gasteiger partial charge in [0.1, 0.15) is 11.6 Å². The molecule has 12 heteroatoms. The van der Waals surface area contributed by atoms with Gasteiger partial charge < -0.3 is 21.3 Å². The third-order valence-electron chi connectivity index (χ3n) is 8.42. The number of primary amides is 1. The largest absolute Gasteiger partial charge is 0.382 e. The molecule has 0 saturated heterocycles. The number of nitrogens with one attached hydrogen (secondary N) is 2. The monoisotopic (exact) mass is 615 g/mol. The molecule has 43 heavy (non-hydrogen) atoms. The molecule has 5 rings (SSSR count). The maximum absolute atomic E-state index is 15.7. The van der Waals surface area contributed by atoms with Crippen LogP contribution in [-0.4, -0.2) is 68.1 Å². The molecule has 2 aromatic carbocycles. The van der Waals surface area contributed by atoms with Gasteiger partial charge in [0.2, 0.25) is 15.9 Å². The molecule has 2 heterocycles. The third-order valence-corrected chi connectivity index (χ3v) is 10.5. The van der Waals surface area contributed by atoms with E-state index in [0.29, 0.717) is 60.9 Å². The zero-order valence-electron chi connectivity index (χ0n) is 25.0. The van der Waals surface area contributed by atoms with E-state index in [0.717, 1.165) is 6.54 Å². The van der Waals surface area contributed by atoms with Crippen molar-refractivity contribution in [2.24, 2.45) is 17.1 Å². The maximum Gasteiger partial charge on any atom is 0.253 e. The SMILES string of the molecule is CN(C)CCNC(=O)[C@H]1CC[C@H](Nc2cc(-c3c4n(c5cc(F)ccc35)S(=O)(=O)CC(C)(C)C4)cc(F)c2C(N)=O)CC1. The van der Waals surface area contributed by atoms with Gasteiger partial charge in [-0.05, 0) is 87.5 Å². The minimum Gasteiger partial charge on any atom is -0.382 e. The molecule has 0 radical (unpaired) electrons. The minimum absolute atomic E-state index is 0.0193.